The van der Waals surface area contributed by atoms with Crippen molar-refractivity contribution in [3.05, 3.63) is 58.4 Å². The van der Waals surface area contributed by atoms with E-state index in [4.69, 9.17) is 4.74 Å². The van der Waals surface area contributed by atoms with E-state index in [2.05, 4.69) is 4.98 Å². The van der Waals surface area contributed by atoms with Gasteiger partial charge < -0.3 is 9.84 Å². The second-order valence-electron chi connectivity index (χ2n) is 4.81. The van der Waals surface area contributed by atoms with Crippen molar-refractivity contribution in [1.82, 2.24) is 4.98 Å². The number of hydrogen-bond acceptors (Lipinski definition) is 3. The van der Waals surface area contributed by atoms with Crippen molar-refractivity contribution in [2.24, 2.45) is 0 Å². The molecule has 0 amide bonds. The topological polar surface area (TPSA) is 42.4 Å². The molecule has 1 aromatic heterocycles. The summed E-state index contributed by atoms with van der Waals surface area (Å²) in [5.41, 5.74) is 4.81. The first kappa shape index (κ1) is 13.6. The van der Waals surface area contributed by atoms with Crippen molar-refractivity contribution in [3.8, 4) is 5.75 Å². The summed E-state index contributed by atoms with van der Waals surface area (Å²) >= 11 is 0. The van der Waals surface area contributed by atoms with Crippen molar-refractivity contribution in [2.45, 2.75) is 26.9 Å². The van der Waals surface area contributed by atoms with Crippen LogP contribution in [0, 0.1) is 20.8 Å². The van der Waals surface area contributed by atoms with E-state index in [-0.39, 0.29) is 0 Å². The predicted octanol–water partition coefficient (Wildman–Crippen LogP) is 3.10. The molecule has 0 saturated carbocycles. The standard InChI is InChI=1S/C16H19NO2/c1-10-5-6-17-9-14(10)16(18)13-7-12(3)15(19-4)8-11(13)2/h5-9,16,18H,1-4H3. The summed E-state index contributed by atoms with van der Waals surface area (Å²) in [5, 5.41) is 10.6. The molecule has 0 spiro atoms. The predicted molar refractivity (Wildman–Crippen MR) is 75.5 cm³/mol. The Balaban J connectivity index is 2.48. The number of hydrogen-bond donors (Lipinski definition) is 1. The summed E-state index contributed by atoms with van der Waals surface area (Å²) in [6.07, 6.45) is 2.80. The number of methoxy groups -OCH3 is 1. The summed E-state index contributed by atoms with van der Waals surface area (Å²) in [6, 6.07) is 5.84. The fourth-order valence-electron chi connectivity index (χ4n) is 2.26. The number of pyridine rings is 1. The van der Waals surface area contributed by atoms with Crippen molar-refractivity contribution in [3.63, 3.8) is 0 Å². The van der Waals surface area contributed by atoms with Gasteiger partial charge in [0.15, 0.2) is 0 Å². The van der Waals surface area contributed by atoms with Crippen LogP contribution >= 0.6 is 0 Å². The Hall–Kier alpha value is -1.87. The zero-order valence-corrected chi connectivity index (χ0v) is 11.8. The van der Waals surface area contributed by atoms with Gasteiger partial charge in [-0.15, -0.1) is 0 Å². The Morgan fingerprint density at radius 3 is 2.42 bits per heavy atom. The number of benzene rings is 1. The van der Waals surface area contributed by atoms with Gasteiger partial charge in [-0.05, 0) is 61.2 Å². The van der Waals surface area contributed by atoms with E-state index >= 15 is 0 Å². The summed E-state index contributed by atoms with van der Waals surface area (Å²) in [4.78, 5) is 4.09. The third-order valence-corrected chi connectivity index (χ3v) is 3.45. The van der Waals surface area contributed by atoms with Crippen molar-refractivity contribution < 1.29 is 9.84 Å². The Labute approximate surface area is 113 Å². The molecule has 2 aromatic rings. The molecule has 1 atom stereocenters. The zero-order valence-electron chi connectivity index (χ0n) is 11.8. The second kappa shape index (κ2) is 5.41. The van der Waals surface area contributed by atoms with Crippen LogP contribution in [0.15, 0.2) is 30.6 Å². The van der Waals surface area contributed by atoms with Crippen LogP contribution in [0.2, 0.25) is 0 Å². The fraction of sp³-hybridized carbons (Fsp3) is 0.312. The monoisotopic (exact) mass is 257 g/mol. The smallest absolute Gasteiger partial charge is 0.122 e. The van der Waals surface area contributed by atoms with Crippen LogP contribution in [0.25, 0.3) is 0 Å². The lowest BCUT2D eigenvalue weighted by Crippen LogP contribution is -2.05. The number of aryl methyl sites for hydroxylation is 3. The molecule has 3 nitrogen and oxygen atoms in total. The van der Waals surface area contributed by atoms with E-state index in [0.29, 0.717) is 0 Å². The maximum atomic E-state index is 10.6. The first-order valence-electron chi connectivity index (χ1n) is 6.28. The zero-order chi connectivity index (χ0) is 14.0. The highest BCUT2D eigenvalue weighted by atomic mass is 16.5. The van der Waals surface area contributed by atoms with E-state index in [9.17, 15) is 5.11 Å². The van der Waals surface area contributed by atoms with Crippen LogP contribution in [0.1, 0.15) is 33.9 Å². The molecule has 0 fully saturated rings. The molecule has 3 heteroatoms. The average molecular weight is 257 g/mol. The quantitative estimate of drug-likeness (QED) is 0.918. The van der Waals surface area contributed by atoms with Gasteiger partial charge >= 0.3 is 0 Å². The number of ether oxygens (including phenoxy) is 1. The normalized spacial score (nSPS) is 12.3. The Morgan fingerprint density at radius 2 is 1.79 bits per heavy atom. The highest BCUT2D eigenvalue weighted by Crippen LogP contribution is 2.30. The first-order valence-corrected chi connectivity index (χ1v) is 6.28. The number of nitrogens with zero attached hydrogens (tertiary/aromatic N) is 1. The van der Waals surface area contributed by atoms with Gasteiger partial charge in [0.2, 0.25) is 0 Å². The summed E-state index contributed by atoms with van der Waals surface area (Å²) in [5.74, 6) is 0.844. The summed E-state index contributed by atoms with van der Waals surface area (Å²) in [7, 11) is 1.66. The van der Waals surface area contributed by atoms with Gasteiger partial charge in [0, 0.05) is 18.0 Å². The molecule has 1 unspecified atom stereocenters. The maximum Gasteiger partial charge on any atom is 0.122 e. The van der Waals surface area contributed by atoms with E-state index in [1.165, 1.54) is 0 Å². The van der Waals surface area contributed by atoms with E-state index in [1.54, 1.807) is 19.5 Å². The number of rotatable bonds is 3. The Kier molecular flexibility index (Phi) is 3.86. The lowest BCUT2D eigenvalue weighted by molar-refractivity contribution is 0.218. The SMILES string of the molecule is COc1cc(C)c(C(O)c2cnccc2C)cc1C. The molecule has 100 valence electrons. The van der Waals surface area contributed by atoms with Gasteiger partial charge in [0.1, 0.15) is 11.9 Å². The largest absolute Gasteiger partial charge is 0.496 e. The number of aromatic nitrogens is 1. The van der Waals surface area contributed by atoms with Crippen LogP contribution in [0.4, 0.5) is 0 Å². The summed E-state index contributed by atoms with van der Waals surface area (Å²) in [6.45, 7) is 5.93. The molecule has 0 aliphatic heterocycles. The molecule has 1 N–H and O–H groups in total. The van der Waals surface area contributed by atoms with Crippen molar-refractivity contribution in [2.75, 3.05) is 7.11 Å². The highest BCUT2D eigenvalue weighted by Gasteiger charge is 2.16. The molecule has 0 aliphatic rings. The minimum atomic E-state index is -0.654. The molecule has 0 bridgehead atoms. The van der Waals surface area contributed by atoms with Gasteiger partial charge in [-0.25, -0.2) is 0 Å². The third-order valence-electron chi connectivity index (χ3n) is 3.45. The Bertz CT molecular complexity index is 593. The lowest BCUT2D eigenvalue weighted by atomic mass is 9.94. The van der Waals surface area contributed by atoms with Gasteiger partial charge in [-0.3, -0.25) is 4.98 Å². The molecule has 0 saturated heterocycles. The average Bonchev–Trinajstić information content (AvgIpc) is 2.40. The minimum Gasteiger partial charge on any atom is -0.496 e. The molecule has 1 heterocycles. The fourth-order valence-corrected chi connectivity index (χ4v) is 2.26. The highest BCUT2D eigenvalue weighted by molar-refractivity contribution is 5.45. The van der Waals surface area contributed by atoms with Crippen molar-refractivity contribution >= 4 is 0 Å². The van der Waals surface area contributed by atoms with Crippen LogP contribution < -0.4 is 4.74 Å². The lowest BCUT2D eigenvalue weighted by Gasteiger charge is -2.18. The van der Waals surface area contributed by atoms with Gasteiger partial charge in [-0.1, -0.05) is 0 Å². The molecule has 2 rings (SSSR count). The molecular weight excluding hydrogens is 238 g/mol. The molecule has 19 heavy (non-hydrogen) atoms. The first-order chi connectivity index (χ1) is 9.04. The van der Waals surface area contributed by atoms with Gasteiger partial charge in [-0.2, -0.15) is 0 Å². The van der Waals surface area contributed by atoms with Crippen LogP contribution in [-0.2, 0) is 0 Å². The molecule has 1 aromatic carbocycles. The van der Waals surface area contributed by atoms with Crippen molar-refractivity contribution in [1.29, 1.82) is 0 Å². The summed E-state index contributed by atoms with van der Waals surface area (Å²) < 4.78 is 5.30. The van der Waals surface area contributed by atoms with Crippen LogP contribution in [0.3, 0.4) is 0 Å². The maximum absolute atomic E-state index is 10.6. The minimum absolute atomic E-state index is 0.654. The van der Waals surface area contributed by atoms with Crippen LogP contribution in [0.5, 0.6) is 5.75 Å². The molecule has 0 aliphatic carbocycles. The number of aliphatic hydroxyl groups excluding tert-OH is 1. The van der Waals surface area contributed by atoms with Crippen LogP contribution in [-0.4, -0.2) is 17.2 Å². The van der Waals surface area contributed by atoms with E-state index in [0.717, 1.165) is 33.6 Å². The van der Waals surface area contributed by atoms with Gasteiger partial charge in [0.25, 0.3) is 0 Å². The Morgan fingerprint density at radius 1 is 1.05 bits per heavy atom. The number of aliphatic hydroxyl groups is 1. The second-order valence-corrected chi connectivity index (χ2v) is 4.81. The van der Waals surface area contributed by atoms with E-state index in [1.807, 2.05) is 39.0 Å². The third kappa shape index (κ3) is 2.61. The van der Waals surface area contributed by atoms with E-state index < -0.39 is 6.10 Å². The molecular formula is C16H19NO2. The molecule has 0 radical (unpaired) electrons. The van der Waals surface area contributed by atoms with Gasteiger partial charge in [0.05, 0.1) is 7.11 Å².